The molecule has 4 amide bonds. The lowest BCUT2D eigenvalue weighted by atomic mass is 9.98. The van der Waals surface area contributed by atoms with Crippen molar-refractivity contribution >= 4 is 40.6 Å². The van der Waals surface area contributed by atoms with E-state index in [1.807, 2.05) is 37.3 Å². The molecule has 15 heteroatoms. The number of aromatic nitrogens is 4. The number of hydrogen-bond acceptors (Lipinski definition) is 9. The minimum atomic E-state index is -1.07. The summed E-state index contributed by atoms with van der Waals surface area (Å²) in [6, 6.07) is 28.2. The van der Waals surface area contributed by atoms with Crippen molar-refractivity contribution in [2.75, 3.05) is 33.9 Å². The van der Waals surface area contributed by atoms with E-state index in [4.69, 9.17) is 4.74 Å². The fraction of sp³-hybridized carbons (Fsp3) is 0.250. The summed E-state index contributed by atoms with van der Waals surface area (Å²) in [5.74, 6) is 0.181. The molecule has 4 N–H and O–H groups in total. The number of rotatable bonds is 16. The maximum atomic E-state index is 13.8. The quantitative estimate of drug-likeness (QED) is 0.0859. The largest absolute Gasteiger partial charge is 0.453 e. The number of alkyl carbamates (subject to hydrolysis) is 2. The second-order valence-corrected chi connectivity index (χ2v) is 13.9. The van der Waals surface area contributed by atoms with Crippen LogP contribution in [-0.2, 0) is 36.9 Å². The van der Waals surface area contributed by atoms with E-state index in [0.717, 1.165) is 50.8 Å². The second-order valence-electron chi connectivity index (χ2n) is 13.9. The van der Waals surface area contributed by atoms with E-state index in [0.29, 0.717) is 23.8 Å². The molecule has 0 radical (unpaired) electrons. The maximum absolute atomic E-state index is 13.8. The Morgan fingerprint density at radius 2 is 1.25 bits per heavy atom. The molecule has 15 nitrogen and oxygen atoms in total. The number of benzene rings is 4. The Kier molecular flexibility index (Phi) is 13.5. The highest BCUT2D eigenvalue weighted by molar-refractivity contribution is 5.91. The third kappa shape index (κ3) is 10.6. The van der Waals surface area contributed by atoms with Crippen molar-refractivity contribution in [1.29, 1.82) is 0 Å². The van der Waals surface area contributed by atoms with E-state index >= 15 is 0 Å². The summed E-state index contributed by atoms with van der Waals surface area (Å²) in [4.78, 5) is 81.0. The van der Waals surface area contributed by atoms with Crippen LogP contribution in [0.5, 0.6) is 0 Å². The lowest BCUT2D eigenvalue weighted by molar-refractivity contribution is -0.137. The molecule has 0 aliphatic heterocycles. The number of ether oxygens (including phenoxy) is 2. The molecule has 4 aromatic carbocycles. The van der Waals surface area contributed by atoms with Gasteiger partial charge in [0.1, 0.15) is 30.0 Å². The van der Waals surface area contributed by atoms with Gasteiger partial charge in [-0.05, 0) is 58.5 Å². The van der Waals surface area contributed by atoms with E-state index in [1.54, 1.807) is 47.6 Å². The van der Waals surface area contributed by atoms with Gasteiger partial charge in [0.15, 0.2) is 0 Å². The summed E-state index contributed by atoms with van der Waals surface area (Å²) in [7, 11) is 2.47. The van der Waals surface area contributed by atoms with Crippen LogP contribution in [0.25, 0.3) is 44.4 Å². The summed E-state index contributed by atoms with van der Waals surface area (Å²) < 4.78 is 9.33. The number of fused-ring (bicyclic) bond motifs is 1. The Hall–Kier alpha value is -7.29. The minimum Gasteiger partial charge on any atom is -0.453 e. The number of ketones is 1. The van der Waals surface area contributed by atoms with Crippen LogP contribution in [-0.4, -0.2) is 93.4 Å². The number of carbonyl (C=O) groups excluding carboxylic acids is 5. The van der Waals surface area contributed by atoms with Gasteiger partial charge in [0.2, 0.25) is 5.91 Å². The molecule has 1 unspecified atom stereocenters. The summed E-state index contributed by atoms with van der Waals surface area (Å²) in [6.07, 6.45) is 2.76. The highest BCUT2D eigenvalue weighted by atomic mass is 16.5. The number of nitrogens with one attached hydrogen (secondary N) is 4. The van der Waals surface area contributed by atoms with E-state index < -0.39 is 24.1 Å². The molecule has 2 heterocycles. The first-order chi connectivity index (χ1) is 28.5. The maximum Gasteiger partial charge on any atom is 0.407 e. The van der Waals surface area contributed by atoms with Crippen LogP contribution in [0.2, 0.25) is 0 Å². The smallest absolute Gasteiger partial charge is 0.407 e. The van der Waals surface area contributed by atoms with Crippen LogP contribution in [0, 0.1) is 0 Å². The fourth-order valence-corrected chi connectivity index (χ4v) is 6.64. The molecule has 0 bridgehead atoms. The molecule has 59 heavy (non-hydrogen) atoms. The third-order valence-electron chi connectivity index (χ3n) is 9.59. The second kappa shape index (κ2) is 19.2. The van der Waals surface area contributed by atoms with Crippen LogP contribution in [0.15, 0.2) is 103 Å². The predicted octanol–water partition coefficient (Wildman–Crippen LogP) is 6.40. The number of H-pyrrole nitrogens is 2. The minimum absolute atomic E-state index is 0.0132. The van der Waals surface area contributed by atoms with Gasteiger partial charge < -0.3 is 39.9 Å². The van der Waals surface area contributed by atoms with Crippen molar-refractivity contribution in [3.05, 3.63) is 121 Å². The first kappa shape index (κ1) is 41.3. The molecule has 1 atom stereocenters. The normalized spacial score (nSPS) is 11.4. The van der Waals surface area contributed by atoms with Gasteiger partial charge in [0.05, 0.1) is 57.6 Å². The van der Waals surface area contributed by atoms with Gasteiger partial charge in [-0.2, -0.15) is 0 Å². The van der Waals surface area contributed by atoms with Crippen LogP contribution >= 0.6 is 0 Å². The number of hydrogen-bond donors (Lipinski definition) is 4. The monoisotopic (exact) mass is 798 g/mol. The Bertz CT molecular complexity index is 2430. The van der Waals surface area contributed by atoms with Crippen LogP contribution in [0.4, 0.5) is 9.59 Å². The van der Waals surface area contributed by atoms with Crippen molar-refractivity contribution in [1.82, 2.24) is 40.4 Å². The third-order valence-corrected chi connectivity index (χ3v) is 9.59. The van der Waals surface area contributed by atoms with E-state index in [-0.39, 0.29) is 37.9 Å². The van der Waals surface area contributed by atoms with Crippen molar-refractivity contribution in [2.24, 2.45) is 0 Å². The molecule has 2 aromatic heterocycles. The molecule has 6 rings (SSSR count). The Morgan fingerprint density at radius 3 is 1.86 bits per heavy atom. The number of imidazole rings is 2. The molecule has 304 valence electrons. The zero-order valence-electron chi connectivity index (χ0n) is 33.3. The van der Waals surface area contributed by atoms with E-state index in [1.165, 1.54) is 26.0 Å². The summed E-state index contributed by atoms with van der Waals surface area (Å²) >= 11 is 0. The van der Waals surface area contributed by atoms with Crippen molar-refractivity contribution in [2.45, 2.75) is 39.4 Å². The molecule has 0 spiro atoms. The van der Waals surface area contributed by atoms with Crippen LogP contribution in [0.1, 0.15) is 43.5 Å². The average Bonchev–Trinajstić information content (AvgIpc) is 3.94. The number of methoxy groups -OCH3 is 2. The zero-order chi connectivity index (χ0) is 41.9. The molecule has 0 saturated heterocycles. The number of carbonyl (C=O) groups is 5. The van der Waals surface area contributed by atoms with Gasteiger partial charge in [-0.3, -0.25) is 14.4 Å². The Balaban J connectivity index is 1.12. The standard InChI is InChI=1S/C44H46N8O7/c1-5-19-51(40(54)24-47-43(56)58-3)26-38-46-23-37(49-38)35-18-17-33-20-32(15-16-34(33)21-35)29-11-13-30(14-12-29)36-22-45-39(48-36)27-52(25-28(2)53)42(55)41(50-44(57)59-4)31-9-7-6-8-10-31/h6-18,20-23,41H,5,19,24-27H2,1-4H3,(H,45,48)(H,46,49)(H,47,56)(H,50,57). The Morgan fingerprint density at radius 1 is 0.695 bits per heavy atom. The molecule has 6 aromatic rings. The molecular weight excluding hydrogens is 753 g/mol. The first-order valence-electron chi connectivity index (χ1n) is 19.0. The number of Topliss-reactive ketones (excluding diaryl/α,β-unsaturated/α-hetero) is 1. The van der Waals surface area contributed by atoms with Crippen molar-refractivity contribution in [3.63, 3.8) is 0 Å². The number of aromatic amines is 2. The van der Waals surface area contributed by atoms with Gasteiger partial charge >= 0.3 is 12.2 Å². The molecular formula is C44H46N8O7. The predicted molar refractivity (Wildman–Crippen MR) is 221 cm³/mol. The van der Waals surface area contributed by atoms with Crippen LogP contribution < -0.4 is 10.6 Å². The highest BCUT2D eigenvalue weighted by Gasteiger charge is 2.29. The van der Waals surface area contributed by atoms with Gasteiger partial charge in [-0.1, -0.05) is 85.8 Å². The molecule has 0 aliphatic rings. The zero-order valence-corrected chi connectivity index (χ0v) is 33.3. The topological polar surface area (TPSA) is 192 Å². The highest BCUT2D eigenvalue weighted by Crippen LogP contribution is 2.30. The van der Waals surface area contributed by atoms with Crippen LogP contribution in [0.3, 0.4) is 0 Å². The van der Waals surface area contributed by atoms with E-state index in [9.17, 15) is 24.0 Å². The first-order valence-corrected chi connectivity index (χ1v) is 19.0. The number of nitrogens with zero attached hydrogens (tertiary/aromatic N) is 4. The summed E-state index contributed by atoms with van der Waals surface area (Å²) in [6.45, 7) is 3.86. The van der Waals surface area contributed by atoms with E-state index in [2.05, 4.69) is 65.6 Å². The van der Waals surface area contributed by atoms with Crippen molar-refractivity contribution in [3.8, 4) is 33.6 Å². The van der Waals surface area contributed by atoms with Gasteiger partial charge in [-0.25, -0.2) is 19.6 Å². The molecule has 0 aliphatic carbocycles. The summed E-state index contributed by atoms with van der Waals surface area (Å²) in [5.41, 5.74) is 6.01. The number of amides is 4. The fourth-order valence-electron chi connectivity index (χ4n) is 6.64. The lowest BCUT2D eigenvalue weighted by Gasteiger charge is -2.26. The molecule has 0 saturated carbocycles. The van der Waals surface area contributed by atoms with Gasteiger partial charge in [0.25, 0.3) is 5.91 Å². The van der Waals surface area contributed by atoms with Crippen molar-refractivity contribution < 1.29 is 33.4 Å². The molecule has 0 fully saturated rings. The lowest BCUT2D eigenvalue weighted by Crippen LogP contribution is -2.44. The summed E-state index contributed by atoms with van der Waals surface area (Å²) in [5, 5.41) is 7.14. The average molecular weight is 799 g/mol. The Labute approximate surface area is 341 Å². The van der Waals surface area contributed by atoms with Gasteiger partial charge in [-0.15, -0.1) is 0 Å². The SMILES string of the molecule is CCCN(Cc1ncc(-c2ccc3cc(-c4ccc(-c5cnc(CN(CC(C)=O)C(=O)C(NC(=O)OC)c6ccccc6)[nH]5)cc4)ccc3c2)[nH]1)C(=O)CNC(=O)OC. The van der Waals surface area contributed by atoms with Gasteiger partial charge in [0, 0.05) is 12.1 Å².